The minimum Gasteiger partial charge on any atom is -0.372 e. The molecule has 3 atom stereocenters. The number of carbonyl (C=O) groups excluding carboxylic acids is 3. The molecular weight excluding hydrogens is 346 g/mol. The number of nitrogens with one attached hydrogen (secondary N) is 1. The van der Waals surface area contributed by atoms with Gasteiger partial charge in [0, 0.05) is 13.1 Å². The average Bonchev–Trinajstić information content (AvgIpc) is 2.87. The molecular formula is C20H27N3O4. The highest BCUT2D eigenvalue weighted by molar-refractivity contribution is 6.09. The van der Waals surface area contributed by atoms with Gasteiger partial charge in [0.15, 0.2) is 0 Å². The first kappa shape index (κ1) is 19.4. The van der Waals surface area contributed by atoms with E-state index < -0.39 is 11.6 Å². The zero-order valence-electron chi connectivity index (χ0n) is 16.1. The lowest BCUT2D eigenvalue weighted by Crippen LogP contribution is -2.52. The molecule has 0 aromatic heterocycles. The van der Waals surface area contributed by atoms with Gasteiger partial charge < -0.3 is 15.0 Å². The van der Waals surface area contributed by atoms with Crippen LogP contribution in [-0.2, 0) is 19.9 Å². The molecule has 3 rings (SSSR count). The molecule has 2 aliphatic rings. The van der Waals surface area contributed by atoms with E-state index in [4.69, 9.17) is 4.74 Å². The Hall–Kier alpha value is -2.41. The average molecular weight is 373 g/mol. The van der Waals surface area contributed by atoms with Crippen LogP contribution in [0.4, 0.5) is 4.79 Å². The number of nitrogens with zero attached hydrogens (tertiary/aromatic N) is 2. The predicted molar refractivity (Wildman–Crippen MR) is 99.9 cm³/mol. The van der Waals surface area contributed by atoms with E-state index in [2.05, 4.69) is 5.32 Å². The predicted octanol–water partition coefficient (Wildman–Crippen LogP) is 1.87. The number of hydrogen-bond acceptors (Lipinski definition) is 4. The van der Waals surface area contributed by atoms with Crippen molar-refractivity contribution >= 4 is 17.8 Å². The molecule has 27 heavy (non-hydrogen) atoms. The highest BCUT2D eigenvalue weighted by atomic mass is 16.5. The van der Waals surface area contributed by atoms with Crippen molar-refractivity contribution in [1.82, 2.24) is 15.1 Å². The van der Waals surface area contributed by atoms with Gasteiger partial charge in [-0.1, -0.05) is 43.7 Å². The van der Waals surface area contributed by atoms with Crippen LogP contribution in [0.15, 0.2) is 30.3 Å². The SMILES string of the molecule is CCC[C@@]1(c2ccccc2)NC(=O)N(CC(=O)N2C[C@@H](C)O[C@@H](C)C2)C1=O. The van der Waals surface area contributed by atoms with Crippen LogP contribution in [-0.4, -0.2) is 59.5 Å². The van der Waals surface area contributed by atoms with Crippen LogP contribution < -0.4 is 5.32 Å². The van der Waals surface area contributed by atoms with E-state index in [9.17, 15) is 14.4 Å². The number of hydrogen-bond donors (Lipinski definition) is 1. The fourth-order valence-corrected chi connectivity index (χ4v) is 3.99. The van der Waals surface area contributed by atoms with Crippen molar-refractivity contribution in [1.29, 1.82) is 0 Å². The summed E-state index contributed by atoms with van der Waals surface area (Å²) in [5.41, 5.74) is -0.354. The Balaban J connectivity index is 1.80. The lowest BCUT2D eigenvalue weighted by Gasteiger charge is -2.36. The minimum absolute atomic E-state index is 0.0655. The summed E-state index contributed by atoms with van der Waals surface area (Å²) in [6.45, 7) is 6.46. The van der Waals surface area contributed by atoms with Gasteiger partial charge in [-0.15, -0.1) is 0 Å². The maximum absolute atomic E-state index is 13.2. The van der Waals surface area contributed by atoms with Crippen molar-refractivity contribution in [2.75, 3.05) is 19.6 Å². The number of carbonyl (C=O) groups is 3. The van der Waals surface area contributed by atoms with Crippen molar-refractivity contribution in [3.05, 3.63) is 35.9 Å². The van der Waals surface area contributed by atoms with E-state index in [1.807, 2.05) is 51.1 Å². The first-order chi connectivity index (χ1) is 12.9. The van der Waals surface area contributed by atoms with Crippen molar-refractivity contribution in [3.63, 3.8) is 0 Å². The number of amides is 4. The van der Waals surface area contributed by atoms with E-state index in [-0.39, 0.29) is 30.6 Å². The summed E-state index contributed by atoms with van der Waals surface area (Å²) in [4.78, 5) is 41.3. The van der Waals surface area contributed by atoms with Gasteiger partial charge in [0.1, 0.15) is 12.1 Å². The summed E-state index contributed by atoms with van der Waals surface area (Å²) in [7, 11) is 0. The molecule has 0 spiro atoms. The fourth-order valence-electron chi connectivity index (χ4n) is 3.99. The Morgan fingerprint density at radius 3 is 2.41 bits per heavy atom. The molecule has 1 aromatic carbocycles. The van der Waals surface area contributed by atoms with E-state index in [1.54, 1.807) is 4.90 Å². The zero-order chi connectivity index (χ0) is 19.6. The summed E-state index contributed by atoms with van der Waals surface area (Å²) >= 11 is 0. The topological polar surface area (TPSA) is 79.0 Å². The van der Waals surface area contributed by atoms with Gasteiger partial charge in [-0.25, -0.2) is 4.79 Å². The standard InChI is InChI=1S/C20H27N3O4/c1-4-10-20(16-8-6-5-7-9-16)18(25)23(19(26)21-20)13-17(24)22-11-14(2)27-15(3)12-22/h5-9,14-15H,4,10-13H2,1-3H3,(H,21,26)/t14-,15+,20-/m0/s1. The van der Waals surface area contributed by atoms with Gasteiger partial charge in [-0.2, -0.15) is 0 Å². The minimum atomic E-state index is -1.10. The van der Waals surface area contributed by atoms with Crippen molar-refractivity contribution in [3.8, 4) is 0 Å². The summed E-state index contributed by atoms with van der Waals surface area (Å²) in [6, 6.07) is 8.72. The lowest BCUT2D eigenvalue weighted by molar-refractivity contribution is -0.147. The van der Waals surface area contributed by atoms with E-state index >= 15 is 0 Å². The third-order valence-electron chi connectivity index (χ3n) is 5.13. The molecule has 2 heterocycles. The molecule has 0 aliphatic carbocycles. The molecule has 2 fully saturated rings. The van der Waals surface area contributed by atoms with Gasteiger partial charge in [0.05, 0.1) is 12.2 Å². The number of benzene rings is 1. The maximum atomic E-state index is 13.2. The molecule has 7 nitrogen and oxygen atoms in total. The molecule has 146 valence electrons. The van der Waals surface area contributed by atoms with Crippen LogP contribution >= 0.6 is 0 Å². The normalized spacial score (nSPS) is 28.4. The van der Waals surface area contributed by atoms with Crippen LogP contribution in [0, 0.1) is 0 Å². The second-order valence-corrected chi connectivity index (χ2v) is 7.40. The van der Waals surface area contributed by atoms with Crippen molar-refractivity contribution in [2.45, 2.75) is 51.4 Å². The fraction of sp³-hybridized carbons (Fsp3) is 0.550. The summed E-state index contributed by atoms with van der Waals surface area (Å²) in [6.07, 6.45) is 1.08. The molecule has 7 heteroatoms. The van der Waals surface area contributed by atoms with Gasteiger partial charge in [-0.05, 0) is 25.8 Å². The summed E-state index contributed by atoms with van der Waals surface area (Å²) in [5.74, 6) is -0.593. The van der Waals surface area contributed by atoms with Gasteiger partial charge in [0.25, 0.3) is 5.91 Å². The third-order valence-corrected chi connectivity index (χ3v) is 5.13. The quantitative estimate of drug-likeness (QED) is 0.799. The van der Waals surface area contributed by atoms with Crippen molar-refractivity contribution in [2.24, 2.45) is 0 Å². The Labute approximate surface area is 159 Å². The third kappa shape index (κ3) is 3.69. The number of morpholine rings is 1. The lowest BCUT2D eigenvalue weighted by atomic mass is 9.85. The zero-order valence-corrected chi connectivity index (χ0v) is 16.1. The van der Waals surface area contributed by atoms with Crippen LogP contribution in [0.3, 0.4) is 0 Å². The number of imide groups is 1. The van der Waals surface area contributed by atoms with E-state index in [1.165, 1.54) is 0 Å². The first-order valence-electron chi connectivity index (χ1n) is 9.50. The molecule has 1 N–H and O–H groups in total. The first-order valence-corrected chi connectivity index (χ1v) is 9.50. The second kappa shape index (κ2) is 7.68. The molecule has 1 aromatic rings. The number of ether oxygens (including phenoxy) is 1. The number of urea groups is 1. The van der Waals surface area contributed by atoms with Crippen LogP contribution in [0.5, 0.6) is 0 Å². The van der Waals surface area contributed by atoms with Gasteiger partial charge in [0.2, 0.25) is 5.91 Å². The molecule has 2 aliphatic heterocycles. The Kier molecular flexibility index (Phi) is 5.51. The van der Waals surface area contributed by atoms with Gasteiger partial charge in [-0.3, -0.25) is 14.5 Å². The maximum Gasteiger partial charge on any atom is 0.325 e. The summed E-state index contributed by atoms with van der Waals surface area (Å²) < 4.78 is 5.65. The Morgan fingerprint density at radius 1 is 1.19 bits per heavy atom. The summed E-state index contributed by atoms with van der Waals surface area (Å²) in [5, 5.41) is 2.85. The number of rotatable bonds is 5. The van der Waals surface area contributed by atoms with Crippen LogP contribution in [0.2, 0.25) is 0 Å². The van der Waals surface area contributed by atoms with Crippen LogP contribution in [0.1, 0.15) is 39.2 Å². The molecule has 0 unspecified atom stereocenters. The van der Waals surface area contributed by atoms with Gasteiger partial charge >= 0.3 is 6.03 Å². The molecule has 0 saturated carbocycles. The van der Waals surface area contributed by atoms with E-state index in [0.29, 0.717) is 19.5 Å². The molecule has 4 amide bonds. The molecule has 0 bridgehead atoms. The highest BCUT2D eigenvalue weighted by Crippen LogP contribution is 2.33. The Morgan fingerprint density at radius 2 is 1.81 bits per heavy atom. The smallest absolute Gasteiger partial charge is 0.325 e. The Bertz CT molecular complexity index is 713. The van der Waals surface area contributed by atoms with Crippen molar-refractivity contribution < 1.29 is 19.1 Å². The highest BCUT2D eigenvalue weighted by Gasteiger charge is 2.52. The largest absolute Gasteiger partial charge is 0.372 e. The van der Waals surface area contributed by atoms with E-state index in [0.717, 1.165) is 16.9 Å². The molecule has 0 radical (unpaired) electrons. The van der Waals surface area contributed by atoms with Crippen LogP contribution in [0.25, 0.3) is 0 Å². The second-order valence-electron chi connectivity index (χ2n) is 7.40. The monoisotopic (exact) mass is 373 g/mol. The molecule has 2 saturated heterocycles.